The molecule has 2 saturated heterocycles. The smallest absolute Gasteiger partial charge is 0.259 e. The van der Waals surface area contributed by atoms with Crippen LogP contribution in [0.2, 0.25) is 5.02 Å². The molecular weight excluding hydrogens is 472 g/mol. The number of amides is 3. The van der Waals surface area contributed by atoms with E-state index >= 15 is 0 Å². The number of carbonyl (C=O) groups is 3. The van der Waals surface area contributed by atoms with Gasteiger partial charge in [-0.1, -0.05) is 35.3 Å². The zero-order valence-corrected chi connectivity index (χ0v) is 20.6. The minimum atomic E-state index is -0.640. The third-order valence-electron chi connectivity index (χ3n) is 6.89. The summed E-state index contributed by atoms with van der Waals surface area (Å²) < 4.78 is 10.7. The zero-order valence-electron chi connectivity index (χ0n) is 19.8. The van der Waals surface area contributed by atoms with Gasteiger partial charge in [0.05, 0.1) is 12.0 Å². The molecule has 35 heavy (non-hydrogen) atoms. The third kappa shape index (κ3) is 5.85. The molecule has 9 nitrogen and oxygen atoms in total. The molecule has 10 heteroatoms. The first-order valence-corrected chi connectivity index (χ1v) is 12.4. The van der Waals surface area contributed by atoms with Gasteiger partial charge < -0.3 is 24.8 Å². The fourth-order valence-corrected chi connectivity index (χ4v) is 4.81. The molecule has 1 aromatic heterocycles. The molecule has 0 unspecified atom stereocenters. The summed E-state index contributed by atoms with van der Waals surface area (Å²) in [6, 6.07) is 6.42. The molecule has 2 aliphatic heterocycles. The predicted octanol–water partition coefficient (Wildman–Crippen LogP) is 3.04. The van der Waals surface area contributed by atoms with Gasteiger partial charge in [0.2, 0.25) is 11.8 Å². The van der Waals surface area contributed by atoms with E-state index in [1.54, 1.807) is 36.1 Å². The second-order valence-corrected chi connectivity index (χ2v) is 9.65. The highest BCUT2D eigenvalue weighted by molar-refractivity contribution is 6.30. The van der Waals surface area contributed by atoms with E-state index in [2.05, 4.69) is 15.8 Å². The summed E-state index contributed by atoms with van der Waals surface area (Å²) >= 11 is 5.98. The quantitative estimate of drug-likeness (QED) is 0.652. The van der Waals surface area contributed by atoms with Crippen LogP contribution in [0.1, 0.15) is 49.4 Å². The second-order valence-electron chi connectivity index (χ2n) is 9.21. The zero-order chi connectivity index (χ0) is 24.8. The Hall–Kier alpha value is -2.91. The van der Waals surface area contributed by atoms with Crippen LogP contribution in [0.25, 0.3) is 11.3 Å². The number of piperidine rings is 1. The first-order chi connectivity index (χ1) is 16.9. The number of hydrogen-bond donors (Lipinski definition) is 2. The maximum Gasteiger partial charge on any atom is 0.259 e. The number of nitrogens with zero attached hydrogens (tertiary/aromatic N) is 2. The second kappa shape index (κ2) is 11.2. The van der Waals surface area contributed by atoms with Crippen molar-refractivity contribution in [1.29, 1.82) is 0 Å². The molecule has 1 aromatic carbocycles. The summed E-state index contributed by atoms with van der Waals surface area (Å²) in [6.07, 6.45) is 4.75. The van der Waals surface area contributed by atoms with E-state index in [9.17, 15) is 14.4 Å². The van der Waals surface area contributed by atoms with Gasteiger partial charge in [-0.3, -0.25) is 14.4 Å². The molecule has 0 bridgehead atoms. The Bertz CT molecular complexity index is 1050. The van der Waals surface area contributed by atoms with E-state index in [0.717, 1.165) is 18.4 Å². The van der Waals surface area contributed by atoms with Crippen molar-refractivity contribution in [2.45, 2.75) is 45.1 Å². The Labute approximate surface area is 209 Å². The van der Waals surface area contributed by atoms with Crippen LogP contribution < -0.4 is 10.6 Å². The van der Waals surface area contributed by atoms with Gasteiger partial charge in [-0.25, -0.2) is 0 Å². The number of rotatable bonds is 2. The average Bonchev–Trinajstić information content (AvgIpc) is 3.35. The highest BCUT2D eigenvalue weighted by atomic mass is 35.5. The summed E-state index contributed by atoms with van der Waals surface area (Å²) in [4.78, 5) is 40.8. The summed E-state index contributed by atoms with van der Waals surface area (Å²) in [5.74, 6) is -0.539. The SMILES string of the molecule is C[C@@H]1NC(=O)C2(CCCCOCCNC1=O)CCN(C(=O)c1conc1-c1ccc(Cl)cc1)CC2. The summed E-state index contributed by atoms with van der Waals surface area (Å²) in [5.41, 5.74) is 0.952. The number of nitrogens with one attached hydrogen (secondary N) is 2. The topological polar surface area (TPSA) is 114 Å². The van der Waals surface area contributed by atoms with Crippen LogP contribution >= 0.6 is 11.6 Å². The minimum absolute atomic E-state index is 0.126. The lowest BCUT2D eigenvalue weighted by Crippen LogP contribution is -2.54. The molecule has 2 aliphatic rings. The Morgan fingerprint density at radius 3 is 2.60 bits per heavy atom. The minimum Gasteiger partial charge on any atom is -0.380 e. The predicted molar refractivity (Wildman–Crippen MR) is 130 cm³/mol. The van der Waals surface area contributed by atoms with Crippen LogP contribution in [-0.4, -0.2) is 66.7 Å². The van der Waals surface area contributed by atoms with Crippen LogP contribution in [0.3, 0.4) is 0 Å². The molecule has 0 saturated carbocycles. The van der Waals surface area contributed by atoms with E-state index in [-0.39, 0.29) is 17.7 Å². The number of aromatic nitrogens is 1. The van der Waals surface area contributed by atoms with Crippen molar-refractivity contribution < 1.29 is 23.6 Å². The molecule has 188 valence electrons. The van der Waals surface area contributed by atoms with E-state index in [0.29, 0.717) is 68.4 Å². The maximum atomic E-state index is 13.4. The first kappa shape index (κ1) is 25.2. The van der Waals surface area contributed by atoms with E-state index in [1.807, 2.05) is 0 Å². The van der Waals surface area contributed by atoms with Gasteiger partial charge in [0, 0.05) is 36.8 Å². The van der Waals surface area contributed by atoms with Crippen molar-refractivity contribution in [2.75, 3.05) is 32.8 Å². The summed E-state index contributed by atoms with van der Waals surface area (Å²) in [6.45, 7) is 4.00. The Morgan fingerprint density at radius 1 is 1.11 bits per heavy atom. The van der Waals surface area contributed by atoms with Crippen molar-refractivity contribution in [3.8, 4) is 11.3 Å². The molecule has 0 aliphatic carbocycles. The third-order valence-corrected chi connectivity index (χ3v) is 7.14. The fourth-order valence-electron chi connectivity index (χ4n) is 4.69. The molecule has 2 N–H and O–H groups in total. The van der Waals surface area contributed by atoms with Gasteiger partial charge in [0.15, 0.2) is 0 Å². The van der Waals surface area contributed by atoms with Gasteiger partial charge in [-0.2, -0.15) is 0 Å². The lowest BCUT2D eigenvalue weighted by molar-refractivity contribution is -0.137. The van der Waals surface area contributed by atoms with Crippen LogP contribution in [0.4, 0.5) is 0 Å². The maximum absolute atomic E-state index is 13.4. The molecule has 2 fully saturated rings. The summed E-state index contributed by atoms with van der Waals surface area (Å²) in [7, 11) is 0. The lowest BCUT2D eigenvalue weighted by Gasteiger charge is -2.41. The van der Waals surface area contributed by atoms with Crippen molar-refractivity contribution in [1.82, 2.24) is 20.7 Å². The van der Waals surface area contributed by atoms with Crippen LogP contribution in [0.15, 0.2) is 35.1 Å². The van der Waals surface area contributed by atoms with Crippen molar-refractivity contribution in [2.24, 2.45) is 5.41 Å². The highest BCUT2D eigenvalue weighted by Gasteiger charge is 2.43. The van der Waals surface area contributed by atoms with Crippen LogP contribution in [0.5, 0.6) is 0 Å². The van der Waals surface area contributed by atoms with Crippen LogP contribution in [-0.2, 0) is 14.3 Å². The number of benzene rings is 1. The number of ether oxygens (including phenoxy) is 1. The van der Waals surface area contributed by atoms with Gasteiger partial charge in [0.1, 0.15) is 23.6 Å². The monoisotopic (exact) mass is 502 g/mol. The molecule has 2 aromatic rings. The van der Waals surface area contributed by atoms with Gasteiger partial charge in [-0.15, -0.1) is 0 Å². The number of carbonyl (C=O) groups excluding carboxylic acids is 3. The number of likely N-dealkylation sites (tertiary alicyclic amines) is 1. The van der Waals surface area contributed by atoms with Crippen molar-refractivity contribution in [3.63, 3.8) is 0 Å². The van der Waals surface area contributed by atoms with Crippen molar-refractivity contribution in [3.05, 3.63) is 41.1 Å². The number of halogens is 1. The summed E-state index contributed by atoms with van der Waals surface area (Å²) in [5, 5.41) is 10.3. The standard InChI is InChI=1S/C25H31ClN4O5/c1-17-22(31)27-11-15-34-14-3-2-8-25(24(33)28-17)9-12-30(13-10-25)23(32)20-16-35-29-21(20)18-4-6-19(26)7-5-18/h4-7,16-17H,2-3,8-15H2,1H3,(H,27,31)(H,28,33)/t17-/m0/s1. The number of hydrogen-bond acceptors (Lipinski definition) is 6. The fraction of sp³-hybridized carbons (Fsp3) is 0.520. The molecule has 4 rings (SSSR count). The Kier molecular flexibility index (Phi) is 8.07. The van der Waals surface area contributed by atoms with E-state index < -0.39 is 11.5 Å². The molecule has 3 heterocycles. The molecule has 1 atom stereocenters. The van der Waals surface area contributed by atoms with Gasteiger partial charge in [0.25, 0.3) is 5.91 Å². The van der Waals surface area contributed by atoms with Gasteiger partial charge in [-0.05, 0) is 44.7 Å². The Balaban J connectivity index is 1.47. The molecular formula is C25H31ClN4O5. The van der Waals surface area contributed by atoms with Gasteiger partial charge >= 0.3 is 0 Å². The average molecular weight is 503 g/mol. The highest BCUT2D eigenvalue weighted by Crippen LogP contribution is 2.38. The Morgan fingerprint density at radius 2 is 1.86 bits per heavy atom. The lowest BCUT2D eigenvalue weighted by atomic mass is 9.73. The van der Waals surface area contributed by atoms with Crippen LogP contribution in [0, 0.1) is 5.41 Å². The molecule has 1 spiro atoms. The molecule has 0 radical (unpaired) electrons. The first-order valence-electron chi connectivity index (χ1n) is 12.1. The van der Waals surface area contributed by atoms with E-state index in [4.69, 9.17) is 20.9 Å². The largest absolute Gasteiger partial charge is 0.380 e. The molecule has 3 amide bonds. The normalized spacial score (nSPS) is 21.9. The van der Waals surface area contributed by atoms with E-state index in [1.165, 1.54) is 6.26 Å². The van der Waals surface area contributed by atoms with Crippen molar-refractivity contribution >= 4 is 29.3 Å².